The molecule has 2 aromatic rings. The lowest BCUT2D eigenvalue weighted by Crippen LogP contribution is -2.34. The van der Waals surface area contributed by atoms with Gasteiger partial charge in [-0.05, 0) is 48.6 Å². The van der Waals surface area contributed by atoms with Gasteiger partial charge in [-0.2, -0.15) is 0 Å². The van der Waals surface area contributed by atoms with E-state index in [0.717, 1.165) is 16.3 Å². The predicted molar refractivity (Wildman–Crippen MR) is 100 cm³/mol. The molecule has 2 bridgehead atoms. The lowest BCUT2D eigenvalue weighted by atomic mass is 9.77. The number of benzene rings is 1. The molecule has 0 spiro atoms. The fraction of sp³-hybridized carbons (Fsp3) is 0.316. The summed E-state index contributed by atoms with van der Waals surface area (Å²) in [4.78, 5) is 42.9. The number of nitrogens with one attached hydrogen (secondary N) is 1. The molecule has 27 heavy (non-hydrogen) atoms. The van der Waals surface area contributed by atoms with E-state index >= 15 is 0 Å². The SMILES string of the molecule is O=C1[C@H]2[C@H]3C[C@@H](C4=Cc5sc(=O)[nH]c5S[C@H]43)[C@H]2C(=O)N1c1ccc(F)cc1. The van der Waals surface area contributed by atoms with Gasteiger partial charge in [-0.15, -0.1) is 0 Å². The van der Waals surface area contributed by atoms with Crippen molar-refractivity contribution in [2.45, 2.75) is 16.7 Å². The van der Waals surface area contributed by atoms with Crippen LogP contribution in [0.3, 0.4) is 0 Å². The van der Waals surface area contributed by atoms with Gasteiger partial charge < -0.3 is 4.98 Å². The zero-order valence-electron chi connectivity index (χ0n) is 13.8. The molecule has 4 aliphatic rings. The number of halogens is 1. The highest BCUT2D eigenvalue weighted by Crippen LogP contribution is 2.64. The van der Waals surface area contributed by atoms with Gasteiger partial charge >= 0.3 is 4.87 Å². The Bertz CT molecular complexity index is 1100. The molecule has 0 unspecified atom stereocenters. The number of carbonyl (C=O) groups excluding carboxylic acids is 2. The molecule has 1 N–H and O–H groups in total. The van der Waals surface area contributed by atoms with Crippen LogP contribution in [-0.4, -0.2) is 22.0 Å². The Morgan fingerprint density at radius 1 is 1.07 bits per heavy atom. The summed E-state index contributed by atoms with van der Waals surface area (Å²) >= 11 is 2.80. The average molecular weight is 400 g/mol. The molecule has 5 nitrogen and oxygen atoms in total. The van der Waals surface area contributed by atoms with Crippen LogP contribution in [-0.2, 0) is 9.59 Å². The van der Waals surface area contributed by atoms with Gasteiger partial charge in [-0.25, -0.2) is 4.39 Å². The number of fused-ring (bicyclic) bond motifs is 9. The summed E-state index contributed by atoms with van der Waals surface area (Å²) in [5.74, 6) is -1.28. The monoisotopic (exact) mass is 400 g/mol. The Hall–Kier alpha value is -2.19. The zero-order chi connectivity index (χ0) is 18.4. The second-order valence-corrected chi connectivity index (χ2v) is 9.60. The fourth-order valence-corrected chi connectivity index (χ4v) is 7.70. The van der Waals surface area contributed by atoms with E-state index in [0.29, 0.717) is 5.69 Å². The molecule has 3 fully saturated rings. The number of thiazole rings is 1. The highest BCUT2D eigenvalue weighted by atomic mass is 32.2. The van der Waals surface area contributed by atoms with Crippen molar-refractivity contribution >= 4 is 46.7 Å². The van der Waals surface area contributed by atoms with Gasteiger partial charge in [0.15, 0.2) is 0 Å². The van der Waals surface area contributed by atoms with Crippen LogP contribution in [0.15, 0.2) is 39.7 Å². The molecule has 136 valence electrons. The molecule has 2 amide bonds. The zero-order valence-corrected chi connectivity index (χ0v) is 15.5. The molecule has 2 aliphatic carbocycles. The number of anilines is 1. The number of amides is 2. The van der Waals surface area contributed by atoms with E-state index in [9.17, 15) is 18.8 Å². The van der Waals surface area contributed by atoms with Gasteiger partial charge in [0, 0.05) is 5.25 Å². The molecule has 1 aromatic heterocycles. The Balaban J connectivity index is 1.41. The average Bonchev–Trinajstić information content (AvgIpc) is 3.35. The number of nitrogens with zero attached hydrogens (tertiary/aromatic N) is 1. The van der Waals surface area contributed by atoms with E-state index in [1.807, 2.05) is 0 Å². The van der Waals surface area contributed by atoms with Gasteiger partial charge in [-0.1, -0.05) is 28.7 Å². The quantitative estimate of drug-likeness (QED) is 0.748. The summed E-state index contributed by atoms with van der Waals surface area (Å²) in [7, 11) is 0. The number of hydrogen-bond donors (Lipinski definition) is 1. The third-order valence-electron chi connectivity index (χ3n) is 6.23. The number of aromatic amines is 1. The van der Waals surface area contributed by atoms with Crippen LogP contribution in [0.1, 0.15) is 11.3 Å². The smallest absolute Gasteiger partial charge is 0.305 e. The first-order valence-corrected chi connectivity index (χ1v) is 10.5. The first kappa shape index (κ1) is 15.8. The number of aromatic nitrogens is 1. The lowest BCUT2D eigenvalue weighted by Gasteiger charge is -2.32. The van der Waals surface area contributed by atoms with Crippen molar-refractivity contribution in [2.75, 3.05) is 4.90 Å². The maximum absolute atomic E-state index is 13.2. The molecule has 2 aliphatic heterocycles. The van der Waals surface area contributed by atoms with Gasteiger partial charge in [0.2, 0.25) is 11.8 Å². The number of imide groups is 1. The van der Waals surface area contributed by atoms with Crippen LogP contribution in [0.2, 0.25) is 0 Å². The minimum atomic E-state index is -0.397. The number of hydrogen-bond acceptors (Lipinski definition) is 5. The minimum Gasteiger partial charge on any atom is -0.307 e. The molecule has 5 atom stereocenters. The molecule has 8 heteroatoms. The van der Waals surface area contributed by atoms with E-state index in [2.05, 4.69) is 11.1 Å². The maximum Gasteiger partial charge on any atom is 0.305 e. The van der Waals surface area contributed by atoms with Gasteiger partial charge in [0.05, 0.1) is 27.4 Å². The summed E-state index contributed by atoms with van der Waals surface area (Å²) in [6, 6.07) is 5.51. The second-order valence-electron chi connectivity index (χ2n) is 7.44. The molecule has 1 saturated heterocycles. The summed E-state index contributed by atoms with van der Waals surface area (Å²) in [6.07, 6.45) is 2.89. The van der Waals surface area contributed by atoms with Crippen molar-refractivity contribution in [3.8, 4) is 0 Å². The largest absolute Gasteiger partial charge is 0.307 e. The maximum atomic E-state index is 13.2. The summed E-state index contributed by atoms with van der Waals surface area (Å²) < 4.78 is 13.2. The van der Waals surface area contributed by atoms with Crippen LogP contribution in [0.25, 0.3) is 6.08 Å². The predicted octanol–water partition coefficient (Wildman–Crippen LogP) is 2.89. The first-order valence-electron chi connectivity index (χ1n) is 8.77. The number of carbonyl (C=O) groups is 2. The third kappa shape index (κ3) is 1.97. The van der Waals surface area contributed by atoms with Crippen molar-refractivity contribution in [2.24, 2.45) is 23.7 Å². The van der Waals surface area contributed by atoms with E-state index in [1.165, 1.54) is 46.1 Å². The topological polar surface area (TPSA) is 70.2 Å². The minimum absolute atomic E-state index is 0.0461. The van der Waals surface area contributed by atoms with Crippen molar-refractivity contribution in [3.63, 3.8) is 0 Å². The molecule has 3 heterocycles. The van der Waals surface area contributed by atoms with Gasteiger partial charge in [0.25, 0.3) is 0 Å². The molecule has 0 radical (unpaired) electrons. The van der Waals surface area contributed by atoms with Crippen molar-refractivity contribution in [1.82, 2.24) is 4.98 Å². The Labute approximate surface area is 161 Å². The van der Waals surface area contributed by atoms with Crippen molar-refractivity contribution < 1.29 is 14.0 Å². The summed E-state index contributed by atoms with van der Waals surface area (Å²) in [5.41, 5.74) is 1.63. The summed E-state index contributed by atoms with van der Waals surface area (Å²) in [6.45, 7) is 0. The van der Waals surface area contributed by atoms with Crippen LogP contribution in [0.4, 0.5) is 10.1 Å². The van der Waals surface area contributed by atoms with E-state index in [-0.39, 0.29) is 45.6 Å². The molecule has 1 aromatic carbocycles. The van der Waals surface area contributed by atoms with Crippen LogP contribution in [0.5, 0.6) is 0 Å². The molecular weight excluding hydrogens is 387 g/mol. The standard InChI is InChI=1S/C19H13FN2O3S2/c20-7-1-3-8(4-2-7)22-17(23)13-9-5-11(14(13)18(22)24)15-10(9)6-12-16(27-15)21-19(25)26-12/h1-4,6,9,11,13-15H,5H2,(H,21,25)/t9-,11+,13+,14-,15+/m0/s1. The number of H-pyrrole nitrogens is 1. The Morgan fingerprint density at radius 2 is 1.81 bits per heavy atom. The highest BCUT2D eigenvalue weighted by molar-refractivity contribution is 8.00. The second kappa shape index (κ2) is 5.20. The number of rotatable bonds is 1. The first-order chi connectivity index (χ1) is 13.0. The van der Waals surface area contributed by atoms with E-state index in [1.54, 1.807) is 11.8 Å². The Morgan fingerprint density at radius 3 is 2.59 bits per heavy atom. The molecule has 6 rings (SSSR count). The fourth-order valence-electron chi connectivity index (χ4n) is 5.26. The highest BCUT2D eigenvalue weighted by Gasteiger charge is 2.66. The van der Waals surface area contributed by atoms with Gasteiger partial charge in [-0.3, -0.25) is 19.3 Å². The Kier molecular flexibility index (Phi) is 3.05. The van der Waals surface area contributed by atoms with E-state index < -0.39 is 5.82 Å². The third-order valence-corrected chi connectivity index (χ3v) is 8.63. The van der Waals surface area contributed by atoms with Crippen LogP contribution in [0, 0.1) is 29.5 Å². The van der Waals surface area contributed by atoms with Crippen LogP contribution < -0.4 is 9.77 Å². The van der Waals surface area contributed by atoms with Crippen molar-refractivity contribution in [1.29, 1.82) is 0 Å². The molecular formula is C19H13FN2O3S2. The number of thioether (sulfide) groups is 1. The van der Waals surface area contributed by atoms with Crippen molar-refractivity contribution in [3.05, 3.63) is 50.2 Å². The molecule has 2 saturated carbocycles. The lowest BCUT2D eigenvalue weighted by molar-refractivity contribution is -0.123. The van der Waals surface area contributed by atoms with E-state index in [4.69, 9.17) is 0 Å². The normalized spacial score (nSPS) is 33.1. The van der Waals surface area contributed by atoms with Gasteiger partial charge in [0.1, 0.15) is 5.82 Å². The summed E-state index contributed by atoms with van der Waals surface area (Å²) in [5, 5.41) is 1.01. The van der Waals surface area contributed by atoms with Crippen LogP contribution >= 0.6 is 23.1 Å².